The van der Waals surface area contributed by atoms with Gasteiger partial charge in [-0.25, -0.2) is 8.42 Å². The summed E-state index contributed by atoms with van der Waals surface area (Å²) in [5.41, 5.74) is 5.78. The first-order valence-electron chi connectivity index (χ1n) is 5.09. The highest BCUT2D eigenvalue weighted by molar-refractivity contribution is 7.92. The molecule has 0 aliphatic rings. The van der Waals surface area contributed by atoms with Gasteiger partial charge in [0.15, 0.2) is 9.84 Å². The number of rotatable bonds is 4. The molecule has 1 unspecified atom stereocenters. The van der Waals surface area contributed by atoms with Gasteiger partial charge < -0.3 is 10.8 Å². The van der Waals surface area contributed by atoms with Crippen molar-refractivity contribution in [3.05, 3.63) is 29.8 Å². The Bertz CT molecular complexity index is 505. The van der Waals surface area contributed by atoms with Crippen molar-refractivity contribution in [2.75, 3.05) is 0 Å². The second kappa shape index (κ2) is 4.85. The van der Waals surface area contributed by atoms with Crippen molar-refractivity contribution in [2.45, 2.75) is 30.0 Å². The Morgan fingerprint density at radius 2 is 1.71 bits per heavy atom. The summed E-state index contributed by atoms with van der Waals surface area (Å²) in [6.45, 7) is 3.18. The third kappa shape index (κ3) is 2.83. The molecule has 0 heterocycles. The average molecular weight is 257 g/mol. The van der Waals surface area contributed by atoms with Crippen LogP contribution < -0.4 is 5.73 Å². The van der Waals surface area contributed by atoms with E-state index in [9.17, 15) is 13.2 Å². The number of carboxylic acids is 1. The fourth-order valence-electron chi connectivity index (χ4n) is 1.28. The van der Waals surface area contributed by atoms with Crippen molar-refractivity contribution < 1.29 is 18.3 Å². The van der Waals surface area contributed by atoms with E-state index in [2.05, 4.69) is 0 Å². The smallest absolute Gasteiger partial charge is 0.325 e. The lowest BCUT2D eigenvalue weighted by molar-refractivity contribution is -0.138. The zero-order chi connectivity index (χ0) is 13.2. The number of carbonyl (C=O) groups is 1. The lowest BCUT2D eigenvalue weighted by Gasteiger charge is -2.10. The third-order valence-corrected chi connectivity index (χ3v) is 4.62. The molecular formula is C11H15NO4S. The molecule has 0 aromatic heterocycles. The van der Waals surface area contributed by atoms with Gasteiger partial charge in [0, 0.05) is 0 Å². The van der Waals surface area contributed by atoms with Gasteiger partial charge in [0.1, 0.15) is 6.04 Å². The molecule has 94 valence electrons. The first-order chi connectivity index (χ1) is 7.76. The van der Waals surface area contributed by atoms with Gasteiger partial charge in [-0.05, 0) is 31.5 Å². The van der Waals surface area contributed by atoms with Gasteiger partial charge in [0.05, 0.1) is 10.1 Å². The lowest BCUT2D eigenvalue weighted by atomic mass is 10.1. The Balaban J connectivity index is 3.09. The molecule has 0 aliphatic heterocycles. The molecule has 0 saturated carbocycles. The molecule has 3 N–H and O–H groups in total. The summed E-state index contributed by atoms with van der Waals surface area (Å²) in [5.74, 6) is -1.15. The minimum Gasteiger partial charge on any atom is -0.480 e. The largest absolute Gasteiger partial charge is 0.480 e. The van der Waals surface area contributed by atoms with Crippen LogP contribution in [0.2, 0.25) is 0 Å². The summed E-state index contributed by atoms with van der Waals surface area (Å²) in [6, 6.07) is 4.48. The molecule has 0 fully saturated rings. The minimum absolute atomic E-state index is 0.175. The zero-order valence-corrected chi connectivity index (χ0v) is 10.4. The van der Waals surface area contributed by atoms with Crippen molar-refractivity contribution in [3.8, 4) is 0 Å². The van der Waals surface area contributed by atoms with Gasteiger partial charge in [0.2, 0.25) is 0 Å². The number of carboxylic acid groups (broad SMARTS) is 1. The van der Waals surface area contributed by atoms with E-state index in [-0.39, 0.29) is 4.90 Å². The van der Waals surface area contributed by atoms with Crippen LogP contribution in [0.1, 0.15) is 25.5 Å². The Hall–Kier alpha value is -1.40. The maximum absolute atomic E-state index is 11.8. The van der Waals surface area contributed by atoms with Gasteiger partial charge in [-0.2, -0.15) is 0 Å². The van der Waals surface area contributed by atoms with Crippen LogP contribution in [-0.4, -0.2) is 24.7 Å². The van der Waals surface area contributed by atoms with Gasteiger partial charge in [-0.3, -0.25) is 4.79 Å². The Morgan fingerprint density at radius 3 is 2.06 bits per heavy atom. The molecule has 0 aliphatic carbocycles. The Labute approximate surface area is 100 Å². The number of aliphatic carboxylic acids is 1. The molecule has 0 radical (unpaired) electrons. The zero-order valence-electron chi connectivity index (χ0n) is 9.62. The van der Waals surface area contributed by atoms with E-state index in [4.69, 9.17) is 10.8 Å². The molecule has 6 heteroatoms. The second-order valence-electron chi connectivity index (χ2n) is 3.98. The number of nitrogens with two attached hydrogens (primary N) is 1. The number of sulfone groups is 1. The van der Waals surface area contributed by atoms with E-state index >= 15 is 0 Å². The Kier molecular flexibility index (Phi) is 3.90. The van der Waals surface area contributed by atoms with Gasteiger partial charge in [-0.15, -0.1) is 0 Å². The third-order valence-electron chi connectivity index (χ3n) is 2.45. The number of benzene rings is 1. The van der Waals surface area contributed by atoms with Crippen molar-refractivity contribution >= 4 is 15.8 Å². The molecule has 17 heavy (non-hydrogen) atoms. The second-order valence-corrected chi connectivity index (χ2v) is 6.48. The number of hydrogen-bond acceptors (Lipinski definition) is 4. The molecule has 0 bridgehead atoms. The van der Waals surface area contributed by atoms with Crippen LogP contribution in [0, 0.1) is 0 Å². The topological polar surface area (TPSA) is 97.5 Å². The first-order valence-corrected chi connectivity index (χ1v) is 6.63. The molecule has 1 aromatic carbocycles. The van der Waals surface area contributed by atoms with Gasteiger partial charge >= 0.3 is 5.97 Å². The summed E-state index contributed by atoms with van der Waals surface area (Å²) in [5, 5.41) is 8.20. The maximum Gasteiger partial charge on any atom is 0.325 e. The molecule has 5 nitrogen and oxygen atoms in total. The van der Waals surface area contributed by atoms with E-state index in [1.165, 1.54) is 24.3 Å². The fourth-order valence-corrected chi connectivity index (χ4v) is 2.34. The summed E-state index contributed by atoms with van der Waals surface area (Å²) >= 11 is 0. The normalized spacial score (nSPS) is 13.6. The van der Waals surface area contributed by atoms with Crippen LogP contribution in [0.4, 0.5) is 0 Å². The predicted molar refractivity (Wildman–Crippen MR) is 63.3 cm³/mol. The molecular weight excluding hydrogens is 242 g/mol. The van der Waals surface area contributed by atoms with Crippen LogP contribution in [0.15, 0.2) is 29.2 Å². The highest BCUT2D eigenvalue weighted by atomic mass is 32.2. The van der Waals surface area contributed by atoms with Crippen LogP contribution in [0.25, 0.3) is 0 Å². The maximum atomic E-state index is 11.8. The van der Waals surface area contributed by atoms with E-state index in [1.807, 2.05) is 0 Å². The summed E-state index contributed by atoms with van der Waals surface area (Å²) < 4.78 is 23.6. The van der Waals surface area contributed by atoms with E-state index in [1.54, 1.807) is 13.8 Å². The van der Waals surface area contributed by atoms with Gasteiger partial charge in [0.25, 0.3) is 0 Å². The molecule has 1 aromatic rings. The van der Waals surface area contributed by atoms with Crippen LogP contribution in [0.3, 0.4) is 0 Å². The van der Waals surface area contributed by atoms with Crippen molar-refractivity contribution in [1.82, 2.24) is 0 Å². The van der Waals surface area contributed by atoms with Crippen LogP contribution in [-0.2, 0) is 14.6 Å². The molecule has 0 amide bonds. The summed E-state index contributed by atoms with van der Waals surface area (Å²) in [4.78, 5) is 10.8. The summed E-state index contributed by atoms with van der Waals surface area (Å²) in [7, 11) is -3.33. The minimum atomic E-state index is -3.33. The SMILES string of the molecule is CC(C)S(=O)(=O)c1ccc(C(N)C(=O)O)cc1. The highest BCUT2D eigenvalue weighted by Crippen LogP contribution is 2.18. The monoisotopic (exact) mass is 257 g/mol. The summed E-state index contributed by atoms with van der Waals surface area (Å²) in [6.07, 6.45) is 0. The van der Waals surface area contributed by atoms with E-state index < -0.39 is 27.1 Å². The van der Waals surface area contributed by atoms with Crippen LogP contribution >= 0.6 is 0 Å². The van der Waals surface area contributed by atoms with Crippen molar-refractivity contribution in [2.24, 2.45) is 5.73 Å². The Morgan fingerprint density at radius 1 is 1.24 bits per heavy atom. The highest BCUT2D eigenvalue weighted by Gasteiger charge is 2.20. The number of hydrogen-bond donors (Lipinski definition) is 2. The molecule has 0 spiro atoms. The van der Waals surface area contributed by atoms with Crippen molar-refractivity contribution in [3.63, 3.8) is 0 Å². The van der Waals surface area contributed by atoms with Crippen LogP contribution in [0.5, 0.6) is 0 Å². The predicted octanol–water partition coefficient (Wildman–Crippen LogP) is 0.953. The molecule has 0 saturated heterocycles. The quantitative estimate of drug-likeness (QED) is 0.837. The van der Waals surface area contributed by atoms with Gasteiger partial charge in [-0.1, -0.05) is 12.1 Å². The van der Waals surface area contributed by atoms with Crippen molar-refractivity contribution in [1.29, 1.82) is 0 Å². The van der Waals surface area contributed by atoms with E-state index in [0.717, 1.165) is 0 Å². The standard InChI is InChI=1S/C11H15NO4S/c1-7(2)17(15,16)9-5-3-8(4-6-9)10(12)11(13)14/h3-7,10H,12H2,1-2H3,(H,13,14). The molecule has 1 rings (SSSR count). The average Bonchev–Trinajstić information content (AvgIpc) is 2.27. The van der Waals surface area contributed by atoms with E-state index in [0.29, 0.717) is 5.56 Å². The lowest BCUT2D eigenvalue weighted by Crippen LogP contribution is -2.21. The molecule has 1 atom stereocenters. The fraction of sp³-hybridized carbons (Fsp3) is 0.364. The first kappa shape index (κ1) is 13.7.